The van der Waals surface area contributed by atoms with Gasteiger partial charge < -0.3 is 43.3 Å². The van der Waals surface area contributed by atoms with Gasteiger partial charge in [0.25, 0.3) is 11.5 Å². The quantitative estimate of drug-likeness (QED) is 0.0454. The van der Waals surface area contributed by atoms with Crippen LogP contribution in [0.2, 0.25) is 0 Å². The average Bonchev–Trinajstić information content (AvgIpc) is 4.21. The van der Waals surface area contributed by atoms with Crippen LogP contribution in [-0.4, -0.2) is 84.7 Å². The number of nitrogens with one attached hydrogen (secondary N) is 4. The van der Waals surface area contributed by atoms with Crippen LogP contribution in [0.1, 0.15) is 119 Å². The summed E-state index contributed by atoms with van der Waals surface area (Å²) >= 11 is 1.43. The minimum absolute atomic E-state index is 0.0121. The van der Waals surface area contributed by atoms with E-state index in [1.165, 1.54) is 15.9 Å². The Morgan fingerprint density at radius 2 is 1.59 bits per heavy atom. The number of amides is 3. The molecule has 0 radical (unpaired) electrons. The average molecular weight is 976 g/mol. The number of fused-ring (bicyclic) bond motifs is 6. The minimum Gasteiger partial charge on any atom is -0.484 e. The Morgan fingerprint density at radius 3 is 2.31 bits per heavy atom. The van der Waals surface area contributed by atoms with Crippen molar-refractivity contribution < 1.29 is 32.2 Å². The Kier molecular flexibility index (Phi) is 14.1. The molecule has 3 saturated carbocycles. The van der Waals surface area contributed by atoms with E-state index in [2.05, 4.69) is 20.9 Å². The first-order chi connectivity index (χ1) is 33.9. The summed E-state index contributed by atoms with van der Waals surface area (Å²) in [4.78, 5) is 74.1. The van der Waals surface area contributed by atoms with Crippen LogP contribution < -0.4 is 31.9 Å². The number of allylic oxidation sites excluding steroid dienone is 2. The summed E-state index contributed by atoms with van der Waals surface area (Å²) in [6.45, 7) is 1.58. The second-order valence-electron chi connectivity index (χ2n) is 19.0. The van der Waals surface area contributed by atoms with Gasteiger partial charge in [-0.2, -0.15) is 0 Å². The maximum Gasteiger partial charge on any atom is 0.737 e. The normalized spacial score (nSPS) is 19.9. The van der Waals surface area contributed by atoms with Crippen LogP contribution in [0.3, 0.4) is 0 Å². The van der Waals surface area contributed by atoms with Gasteiger partial charge in [-0.25, -0.2) is 9.78 Å². The smallest absolute Gasteiger partial charge is 0.484 e. The van der Waals surface area contributed by atoms with E-state index in [1.54, 1.807) is 71.3 Å². The van der Waals surface area contributed by atoms with E-state index in [-0.39, 0.29) is 41.0 Å². The lowest BCUT2D eigenvalue weighted by molar-refractivity contribution is -0.360. The Bertz CT molecular complexity index is 3010. The van der Waals surface area contributed by atoms with Crippen LogP contribution >= 0.6 is 11.3 Å². The number of carbonyl (C=O) groups is 3. The number of imidazole rings is 1. The summed E-state index contributed by atoms with van der Waals surface area (Å²) in [5.74, 6) is 0.898. The molecule has 6 heterocycles. The van der Waals surface area contributed by atoms with Gasteiger partial charge in [-0.1, -0.05) is 44.5 Å². The zero-order valence-corrected chi connectivity index (χ0v) is 40.6. The van der Waals surface area contributed by atoms with Crippen LogP contribution in [0.4, 0.5) is 8.63 Å². The van der Waals surface area contributed by atoms with Crippen molar-refractivity contribution in [2.45, 2.75) is 109 Å². The van der Waals surface area contributed by atoms with Crippen LogP contribution in [0.15, 0.2) is 81.3 Å². The first-order valence-electron chi connectivity index (χ1n) is 24.7. The third kappa shape index (κ3) is 9.51. The maximum atomic E-state index is 16.1. The first kappa shape index (κ1) is 48.4. The molecule has 3 amide bonds. The van der Waals surface area contributed by atoms with Gasteiger partial charge in [0.1, 0.15) is 17.1 Å². The van der Waals surface area contributed by atoms with Crippen molar-refractivity contribution >= 4 is 71.1 Å². The number of carbonyl (C=O) groups excluding carboxylic acids is 3. The lowest BCUT2D eigenvalue weighted by atomic mass is 9.53. The topological polar surface area (TPSA) is 177 Å². The van der Waals surface area contributed by atoms with Crippen molar-refractivity contribution in [3.05, 3.63) is 120 Å². The van der Waals surface area contributed by atoms with Crippen molar-refractivity contribution in [3.63, 3.8) is 0 Å². The number of nitrogens with zero attached hydrogens (tertiary/aromatic N) is 5. The zero-order valence-electron chi connectivity index (χ0n) is 39.7. The number of benzene rings is 1. The van der Waals surface area contributed by atoms with Crippen molar-refractivity contribution in [2.75, 3.05) is 26.2 Å². The number of thiophene rings is 1. The number of rotatable bonds is 21. The number of unbranched alkanes of at least 4 members (excludes halogenated alkanes) is 2. The van der Waals surface area contributed by atoms with Crippen molar-refractivity contribution in [3.8, 4) is 5.75 Å². The molecule has 0 atom stereocenters. The van der Waals surface area contributed by atoms with Crippen LogP contribution in [-0.2, 0) is 32.9 Å². The molecule has 15 nitrogen and oxygen atoms in total. The van der Waals surface area contributed by atoms with E-state index in [0.29, 0.717) is 117 Å². The Labute approximate surface area is 408 Å². The van der Waals surface area contributed by atoms with Gasteiger partial charge in [-0.3, -0.25) is 28.3 Å². The molecule has 3 aliphatic carbocycles. The van der Waals surface area contributed by atoms with E-state index in [1.807, 2.05) is 31.4 Å². The molecule has 0 spiro atoms. The molecule has 5 aliphatic rings. The van der Waals surface area contributed by atoms with Gasteiger partial charge in [0.2, 0.25) is 11.8 Å². The molecule has 1 aromatic carbocycles. The summed E-state index contributed by atoms with van der Waals surface area (Å²) in [6, 6.07) is 14.2. The summed E-state index contributed by atoms with van der Waals surface area (Å²) in [5, 5.41) is 10.7. The second kappa shape index (κ2) is 20.4. The van der Waals surface area contributed by atoms with Crippen molar-refractivity contribution in [2.24, 2.45) is 5.41 Å². The fourth-order valence-corrected chi connectivity index (χ4v) is 11.3. The standard InChI is InChI=1S/C51H60BF2N9O6S/c1-3-30-60-45-44(46(66)61(31-4-2)49(60)68)58-47(59-45)50-21-24-51(25-22-50,26-23-50)48(67)57-29-28-56-42(64)10-6-5-7-27-55-43(65)34-69-39-18-12-35(13-19-39)11-14-36-15-16-37-33-38-17-20-40(41-9-8-32-70-41)63(38)52(53,54)62(36)37/h8-9,11-20,32-33H,3-7,10,21-31,34H2,1-2H3,(H,55,65)(H,56,64)(H,57,67)(H,58,59)/b14-11+. The SMILES string of the molecule is CCCn1c(=O)c2[nH]c(C34CCC(C(=O)NCCNC(=O)CCCCCNC(=O)COc5ccc(/C=C/c6ccc7n6[B-](F)(F)[N+]6=C(c8cccs8)C=CC6=C7)cc5)(CC3)CC4)nc2n(CCC)c1=O. The number of aromatic nitrogens is 5. The van der Waals surface area contributed by atoms with Gasteiger partial charge in [0, 0.05) is 79.6 Å². The predicted molar refractivity (Wildman–Crippen MR) is 269 cm³/mol. The molecule has 2 aliphatic heterocycles. The molecule has 19 heteroatoms. The molecular weight excluding hydrogens is 915 g/mol. The number of hydrogen-bond donors (Lipinski definition) is 4. The Hall–Kier alpha value is -6.63. The molecule has 70 heavy (non-hydrogen) atoms. The van der Waals surface area contributed by atoms with E-state index in [9.17, 15) is 24.0 Å². The van der Waals surface area contributed by atoms with Gasteiger partial charge in [0.05, 0.1) is 4.88 Å². The summed E-state index contributed by atoms with van der Waals surface area (Å²) < 4.78 is 43.1. The molecule has 10 rings (SSSR count). The van der Waals surface area contributed by atoms with Gasteiger partial charge >= 0.3 is 12.7 Å². The molecular formula is C51H60BF2N9O6S. The largest absolute Gasteiger partial charge is 0.737 e. The molecule has 4 aromatic heterocycles. The zero-order chi connectivity index (χ0) is 49.0. The highest BCUT2D eigenvalue weighted by molar-refractivity contribution is 7.12. The summed E-state index contributed by atoms with van der Waals surface area (Å²) in [5.41, 5.74) is 1.98. The van der Waals surface area contributed by atoms with Crippen molar-refractivity contribution in [1.29, 1.82) is 0 Å². The Balaban J connectivity index is 0.643. The molecule has 3 fully saturated rings. The molecule has 0 unspecified atom stereocenters. The third-order valence-corrected chi connectivity index (χ3v) is 15.3. The summed E-state index contributed by atoms with van der Waals surface area (Å²) in [6.07, 6.45) is 16.9. The number of aromatic amines is 1. The van der Waals surface area contributed by atoms with E-state index in [4.69, 9.17) is 9.72 Å². The minimum atomic E-state index is -4.13. The van der Waals surface area contributed by atoms with E-state index >= 15 is 8.63 Å². The van der Waals surface area contributed by atoms with Gasteiger partial charge in [-0.05, 0) is 112 Å². The number of ether oxygens (including phenoxy) is 1. The second-order valence-corrected chi connectivity index (χ2v) is 19.9. The highest BCUT2D eigenvalue weighted by atomic mass is 32.1. The predicted octanol–water partition coefficient (Wildman–Crippen LogP) is 6.97. The monoisotopic (exact) mass is 975 g/mol. The molecule has 0 saturated heterocycles. The number of aryl methyl sites for hydroxylation is 1. The fraction of sp³-hybridized carbons (Fsp3) is 0.431. The highest BCUT2D eigenvalue weighted by Gasteiger charge is 2.55. The molecule has 4 N–H and O–H groups in total. The lowest BCUT2D eigenvalue weighted by Crippen LogP contribution is -2.52. The van der Waals surface area contributed by atoms with E-state index < -0.39 is 12.4 Å². The maximum absolute atomic E-state index is 16.1. The van der Waals surface area contributed by atoms with Gasteiger partial charge in [0.15, 0.2) is 23.7 Å². The number of hydrogen-bond acceptors (Lipinski definition) is 8. The number of halogens is 2. The molecule has 2 bridgehead atoms. The number of H-pyrrole nitrogens is 1. The Morgan fingerprint density at radius 1 is 0.857 bits per heavy atom. The lowest BCUT2D eigenvalue weighted by Gasteiger charge is -2.51. The highest BCUT2D eigenvalue weighted by Crippen LogP contribution is 2.57. The summed E-state index contributed by atoms with van der Waals surface area (Å²) in [7, 11) is 0. The fourth-order valence-electron chi connectivity index (χ4n) is 10.6. The van der Waals surface area contributed by atoms with Crippen LogP contribution in [0.25, 0.3) is 29.4 Å². The molecule has 5 aromatic rings. The van der Waals surface area contributed by atoms with Crippen LogP contribution in [0.5, 0.6) is 5.75 Å². The molecule has 368 valence electrons. The van der Waals surface area contributed by atoms with E-state index in [0.717, 1.165) is 57.3 Å². The third-order valence-electron chi connectivity index (χ3n) is 14.4. The van der Waals surface area contributed by atoms with Crippen LogP contribution in [0, 0.1) is 5.41 Å². The first-order valence-corrected chi connectivity index (χ1v) is 25.5. The van der Waals surface area contributed by atoms with Crippen molar-refractivity contribution in [1.82, 2.24) is 39.5 Å². The van der Waals surface area contributed by atoms with Gasteiger partial charge in [-0.15, -0.1) is 11.3 Å².